The van der Waals surface area contributed by atoms with Crippen molar-refractivity contribution in [2.75, 3.05) is 39.3 Å². The number of halogens is 1. The molecule has 1 aromatic rings. The molecule has 1 aromatic carbocycles. The third-order valence-corrected chi connectivity index (χ3v) is 10.8. The molecule has 0 bridgehead atoms. The molecular formula is C33H52FN3O3. The van der Waals surface area contributed by atoms with Crippen LogP contribution in [-0.4, -0.2) is 82.5 Å². The third kappa shape index (κ3) is 6.13. The van der Waals surface area contributed by atoms with E-state index in [0.717, 1.165) is 57.5 Å². The van der Waals surface area contributed by atoms with Gasteiger partial charge in [-0.05, 0) is 102 Å². The number of piperidine rings is 2. The summed E-state index contributed by atoms with van der Waals surface area (Å²) < 4.78 is 19.5. The standard InChI is InChI=1S/C33H52FN3O3/c1-31(2,3)36-18-15-27(28(21-36)24-11-13-26(34)14-12-24)29(38)35-19-16-33(17-20-35,25-9-7-6-8-10-25)22-37-30(39)40-23-32(37,4)5/h11-14,25,27-28,30,39H,6-10,15-23H2,1-5H3/t27-,28+,30?/m1/s1. The van der Waals surface area contributed by atoms with E-state index in [1.165, 1.54) is 44.2 Å². The minimum atomic E-state index is -0.848. The number of nitrogens with zero attached hydrogens (tertiary/aromatic N) is 3. The molecule has 0 radical (unpaired) electrons. The van der Waals surface area contributed by atoms with Gasteiger partial charge in [-0.2, -0.15) is 0 Å². The van der Waals surface area contributed by atoms with Gasteiger partial charge in [0.25, 0.3) is 0 Å². The van der Waals surface area contributed by atoms with Crippen molar-refractivity contribution in [1.29, 1.82) is 0 Å². The number of carbonyl (C=O) groups is 1. The molecule has 5 rings (SSSR count). The first-order valence-corrected chi connectivity index (χ1v) is 15.8. The number of hydrogen-bond acceptors (Lipinski definition) is 5. The molecule has 1 unspecified atom stereocenters. The molecule has 3 aliphatic heterocycles. The zero-order valence-electron chi connectivity index (χ0n) is 25.5. The highest BCUT2D eigenvalue weighted by molar-refractivity contribution is 5.80. The van der Waals surface area contributed by atoms with Crippen molar-refractivity contribution >= 4 is 5.91 Å². The van der Waals surface area contributed by atoms with E-state index in [1.54, 1.807) is 0 Å². The van der Waals surface area contributed by atoms with Gasteiger partial charge in [-0.1, -0.05) is 31.4 Å². The Hall–Kier alpha value is -1.54. The predicted molar refractivity (Wildman–Crippen MR) is 156 cm³/mol. The Balaban J connectivity index is 1.33. The molecule has 224 valence electrons. The van der Waals surface area contributed by atoms with Gasteiger partial charge >= 0.3 is 0 Å². The molecular weight excluding hydrogens is 505 g/mol. The maximum atomic E-state index is 14.2. The maximum Gasteiger partial charge on any atom is 0.226 e. The van der Waals surface area contributed by atoms with Gasteiger partial charge in [0, 0.05) is 49.1 Å². The largest absolute Gasteiger partial charge is 0.356 e. The van der Waals surface area contributed by atoms with E-state index in [1.807, 2.05) is 12.1 Å². The second kappa shape index (κ2) is 11.6. The fourth-order valence-corrected chi connectivity index (χ4v) is 8.10. The van der Waals surface area contributed by atoms with E-state index in [4.69, 9.17) is 4.74 Å². The number of carbonyl (C=O) groups excluding carboxylic acids is 1. The first-order chi connectivity index (χ1) is 18.9. The molecule has 1 aliphatic carbocycles. The summed E-state index contributed by atoms with van der Waals surface area (Å²) in [6.07, 6.45) is 8.31. The molecule has 0 spiro atoms. The summed E-state index contributed by atoms with van der Waals surface area (Å²) in [6.45, 7) is 15.7. The van der Waals surface area contributed by atoms with Crippen LogP contribution in [0.2, 0.25) is 0 Å². The Labute approximate surface area is 241 Å². The van der Waals surface area contributed by atoms with Gasteiger partial charge in [0.1, 0.15) is 5.82 Å². The lowest BCUT2D eigenvalue weighted by atomic mass is 9.63. The molecule has 7 heteroatoms. The van der Waals surface area contributed by atoms with Crippen LogP contribution in [0.25, 0.3) is 0 Å². The van der Waals surface area contributed by atoms with Crippen molar-refractivity contribution in [3.8, 4) is 0 Å². The normalized spacial score (nSPS) is 30.5. The lowest BCUT2D eigenvalue weighted by Gasteiger charge is -2.52. The van der Waals surface area contributed by atoms with Gasteiger partial charge in [-0.15, -0.1) is 0 Å². The van der Waals surface area contributed by atoms with Gasteiger partial charge in [0.2, 0.25) is 12.3 Å². The maximum absolute atomic E-state index is 14.2. The number of likely N-dealkylation sites (tertiary alicyclic amines) is 2. The molecule has 4 aliphatic rings. The van der Waals surface area contributed by atoms with Crippen LogP contribution in [0.1, 0.15) is 97.5 Å². The van der Waals surface area contributed by atoms with E-state index in [0.29, 0.717) is 12.5 Å². The lowest BCUT2D eigenvalue weighted by Crippen LogP contribution is -2.57. The first kappa shape index (κ1) is 29.9. The van der Waals surface area contributed by atoms with Crippen molar-refractivity contribution in [2.45, 2.75) is 109 Å². The molecule has 1 amide bonds. The molecule has 3 heterocycles. The summed E-state index contributed by atoms with van der Waals surface area (Å²) in [4.78, 5) is 21.0. The highest BCUT2D eigenvalue weighted by atomic mass is 19.1. The number of ether oxygens (including phenoxy) is 1. The van der Waals surface area contributed by atoms with Crippen LogP contribution in [0.4, 0.5) is 4.39 Å². The van der Waals surface area contributed by atoms with Crippen molar-refractivity contribution < 1.29 is 19.0 Å². The molecule has 0 aromatic heterocycles. The summed E-state index contributed by atoms with van der Waals surface area (Å²) in [5, 5.41) is 10.7. The Kier molecular flexibility index (Phi) is 8.70. The average Bonchev–Trinajstić information content (AvgIpc) is 3.20. The molecule has 3 saturated heterocycles. The van der Waals surface area contributed by atoms with Gasteiger partial charge < -0.3 is 14.7 Å². The zero-order valence-corrected chi connectivity index (χ0v) is 25.5. The third-order valence-electron chi connectivity index (χ3n) is 10.8. The number of benzene rings is 1. The van der Waals surface area contributed by atoms with Crippen LogP contribution in [0.5, 0.6) is 0 Å². The van der Waals surface area contributed by atoms with Gasteiger partial charge in [-0.3, -0.25) is 9.69 Å². The average molecular weight is 558 g/mol. The van der Waals surface area contributed by atoms with E-state index >= 15 is 0 Å². The summed E-state index contributed by atoms with van der Waals surface area (Å²) in [7, 11) is 0. The summed E-state index contributed by atoms with van der Waals surface area (Å²) in [5.74, 6) is 0.638. The second-order valence-electron chi connectivity index (χ2n) is 14.8. The minimum absolute atomic E-state index is 0.0225. The van der Waals surface area contributed by atoms with Gasteiger partial charge in [-0.25, -0.2) is 9.29 Å². The molecule has 4 fully saturated rings. The Morgan fingerprint density at radius 2 is 1.68 bits per heavy atom. The van der Waals surface area contributed by atoms with Crippen LogP contribution in [-0.2, 0) is 9.53 Å². The van der Waals surface area contributed by atoms with E-state index in [9.17, 15) is 14.3 Å². The van der Waals surface area contributed by atoms with E-state index in [-0.39, 0.29) is 40.1 Å². The van der Waals surface area contributed by atoms with E-state index in [2.05, 4.69) is 49.3 Å². The number of amides is 1. The fraction of sp³-hybridized carbons (Fsp3) is 0.788. The van der Waals surface area contributed by atoms with Gasteiger partial charge in [0.15, 0.2) is 0 Å². The predicted octanol–water partition coefficient (Wildman–Crippen LogP) is 5.61. The number of hydrogen-bond donors (Lipinski definition) is 1. The van der Waals surface area contributed by atoms with Crippen LogP contribution < -0.4 is 0 Å². The SMILES string of the molecule is CC(C)(C)N1CC[C@@H](C(=O)N2CCC(CN3C(O)OCC3(C)C)(C3CCCCC3)CC2)[C@H](c2ccc(F)cc2)C1. The van der Waals surface area contributed by atoms with Crippen molar-refractivity contribution in [3.63, 3.8) is 0 Å². The van der Waals surface area contributed by atoms with Crippen molar-refractivity contribution in [2.24, 2.45) is 17.3 Å². The second-order valence-corrected chi connectivity index (χ2v) is 14.8. The van der Waals surface area contributed by atoms with Crippen LogP contribution in [0.3, 0.4) is 0 Å². The highest BCUT2D eigenvalue weighted by Gasteiger charge is 2.50. The first-order valence-electron chi connectivity index (χ1n) is 15.8. The van der Waals surface area contributed by atoms with Crippen LogP contribution in [0.15, 0.2) is 24.3 Å². The monoisotopic (exact) mass is 557 g/mol. The van der Waals surface area contributed by atoms with Crippen molar-refractivity contribution in [1.82, 2.24) is 14.7 Å². The van der Waals surface area contributed by atoms with Crippen LogP contribution >= 0.6 is 0 Å². The number of aliphatic hydroxyl groups is 1. The molecule has 3 atom stereocenters. The molecule has 6 nitrogen and oxygen atoms in total. The quantitative estimate of drug-likeness (QED) is 0.510. The Morgan fingerprint density at radius 1 is 1.02 bits per heavy atom. The van der Waals surface area contributed by atoms with Crippen molar-refractivity contribution in [3.05, 3.63) is 35.6 Å². The summed E-state index contributed by atoms with van der Waals surface area (Å²) in [5.41, 5.74) is 0.980. The van der Waals surface area contributed by atoms with E-state index < -0.39 is 6.41 Å². The number of aliphatic hydroxyl groups excluding tert-OH is 1. The number of rotatable bonds is 5. The molecule has 1 saturated carbocycles. The summed E-state index contributed by atoms with van der Waals surface area (Å²) in [6, 6.07) is 6.82. The Morgan fingerprint density at radius 3 is 2.25 bits per heavy atom. The van der Waals surface area contributed by atoms with Crippen LogP contribution in [0, 0.1) is 23.1 Å². The minimum Gasteiger partial charge on any atom is -0.356 e. The van der Waals surface area contributed by atoms with Gasteiger partial charge in [0.05, 0.1) is 6.61 Å². The molecule has 40 heavy (non-hydrogen) atoms. The topological polar surface area (TPSA) is 56.3 Å². The highest BCUT2D eigenvalue weighted by Crippen LogP contribution is 2.48. The Bertz CT molecular complexity index is 1010. The lowest BCUT2D eigenvalue weighted by molar-refractivity contribution is -0.161. The molecule has 1 N–H and O–H groups in total. The fourth-order valence-electron chi connectivity index (χ4n) is 8.10. The smallest absolute Gasteiger partial charge is 0.226 e. The summed E-state index contributed by atoms with van der Waals surface area (Å²) >= 11 is 0. The zero-order chi connectivity index (χ0) is 28.7.